The van der Waals surface area contributed by atoms with Crippen molar-refractivity contribution >= 4 is 24.8 Å². The molecular formula is C20H27Cl2FN2O2. The molecule has 1 atom stereocenters. The first-order valence-corrected chi connectivity index (χ1v) is 8.67. The van der Waals surface area contributed by atoms with Crippen molar-refractivity contribution < 1.29 is 13.9 Å². The molecule has 1 saturated heterocycles. The fraction of sp³-hybridized carbons (Fsp3) is 0.400. The Morgan fingerprint density at radius 1 is 1.04 bits per heavy atom. The van der Waals surface area contributed by atoms with Crippen molar-refractivity contribution in [3.8, 4) is 11.5 Å². The second-order valence-corrected chi connectivity index (χ2v) is 6.14. The fourth-order valence-electron chi connectivity index (χ4n) is 3.14. The zero-order chi connectivity index (χ0) is 17.5. The molecule has 1 fully saturated rings. The minimum atomic E-state index is -0.409. The molecule has 0 aliphatic carbocycles. The highest BCUT2D eigenvalue weighted by Crippen LogP contribution is 2.33. The van der Waals surface area contributed by atoms with Gasteiger partial charge in [0, 0.05) is 26.2 Å². The van der Waals surface area contributed by atoms with Crippen LogP contribution < -0.4 is 14.8 Å². The Labute approximate surface area is 172 Å². The van der Waals surface area contributed by atoms with E-state index >= 15 is 0 Å². The van der Waals surface area contributed by atoms with E-state index in [0.29, 0.717) is 18.1 Å². The van der Waals surface area contributed by atoms with Crippen molar-refractivity contribution in [1.29, 1.82) is 0 Å². The van der Waals surface area contributed by atoms with Crippen LogP contribution in [0.3, 0.4) is 0 Å². The van der Waals surface area contributed by atoms with E-state index < -0.39 is 6.67 Å². The van der Waals surface area contributed by atoms with Crippen LogP contribution in [0.4, 0.5) is 4.39 Å². The van der Waals surface area contributed by atoms with Gasteiger partial charge in [0.25, 0.3) is 0 Å². The van der Waals surface area contributed by atoms with Gasteiger partial charge in [-0.25, -0.2) is 4.39 Å². The molecule has 27 heavy (non-hydrogen) atoms. The number of benzene rings is 2. The Morgan fingerprint density at radius 2 is 1.74 bits per heavy atom. The summed E-state index contributed by atoms with van der Waals surface area (Å²) in [6, 6.07) is 15.5. The van der Waals surface area contributed by atoms with Gasteiger partial charge in [0.15, 0.2) is 11.5 Å². The van der Waals surface area contributed by atoms with E-state index in [2.05, 4.69) is 10.2 Å². The quantitative estimate of drug-likeness (QED) is 0.738. The molecule has 2 aromatic rings. The average molecular weight is 417 g/mol. The van der Waals surface area contributed by atoms with Gasteiger partial charge in [-0.3, -0.25) is 4.90 Å². The van der Waals surface area contributed by atoms with Gasteiger partial charge in [-0.05, 0) is 23.3 Å². The van der Waals surface area contributed by atoms with Crippen LogP contribution in [0, 0.1) is 0 Å². The Bertz CT molecular complexity index is 670. The summed E-state index contributed by atoms with van der Waals surface area (Å²) in [5, 5.41) is 3.30. The lowest BCUT2D eigenvalue weighted by Crippen LogP contribution is -2.45. The van der Waals surface area contributed by atoms with Crippen molar-refractivity contribution in [3.05, 3.63) is 59.7 Å². The Kier molecular flexibility index (Phi) is 10.5. The molecule has 0 unspecified atom stereocenters. The summed E-state index contributed by atoms with van der Waals surface area (Å²) in [6.45, 7) is 3.55. The zero-order valence-electron chi connectivity index (χ0n) is 15.4. The van der Waals surface area contributed by atoms with Crippen LogP contribution in [0.25, 0.3) is 0 Å². The lowest BCUT2D eigenvalue weighted by atomic mass is 10.0. The number of methoxy groups -OCH3 is 1. The average Bonchev–Trinajstić information content (AvgIpc) is 2.69. The van der Waals surface area contributed by atoms with Crippen LogP contribution in [-0.4, -0.2) is 44.9 Å². The van der Waals surface area contributed by atoms with Crippen molar-refractivity contribution in [3.63, 3.8) is 0 Å². The van der Waals surface area contributed by atoms with Crippen molar-refractivity contribution in [2.24, 2.45) is 0 Å². The van der Waals surface area contributed by atoms with Gasteiger partial charge < -0.3 is 14.8 Å². The lowest BCUT2D eigenvalue weighted by Gasteiger charge is -2.33. The maximum atomic E-state index is 13.7. The van der Waals surface area contributed by atoms with Gasteiger partial charge in [-0.15, -0.1) is 24.8 Å². The number of alkyl halides is 1. The molecule has 2 aromatic carbocycles. The molecule has 0 bridgehead atoms. The smallest absolute Gasteiger partial charge is 0.161 e. The molecule has 4 nitrogen and oxygen atoms in total. The SMILES string of the molecule is COc1cc([C@@H](CF)N2CCNCC2)ccc1OCc1ccccc1.Cl.Cl. The molecule has 0 saturated carbocycles. The van der Waals surface area contributed by atoms with Crippen LogP contribution in [0.2, 0.25) is 0 Å². The summed E-state index contributed by atoms with van der Waals surface area (Å²) in [4.78, 5) is 2.18. The molecule has 1 aliphatic rings. The fourth-order valence-corrected chi connectivity index (χ4v) is 3.14. The monoisotopic (exact) mass is 416 g/mol. The van der Waals surface area contributed by atoms with E-state index in [1.54, 1.807) is 7.11 Å². The van der Waals surface area contributed by atoms with E-state index in [-0.39, 0.29) is 30.9 Å². The van der Waals surface area contributed by atoms with Crippen molar-refractivity contribution in [2.45, 2.75) is 12.6 Å². The first-order valence-electron chi connectivity index (χ1n) is 8.67. The maximum absolute atomic E-state index is 13.7. The standard InChI is InChI=1S/C20H25FN2O2.2ClH/c1-24-20-13-17(18(14-21)23-11-9-22-10-12-23)7-8-19(20)25-15-16-5-3-2-4-6-16;;/h2-8,13,18,22H,9-12,14-15H2,1H3;2*1H/t18-;;/m1../s1. The normalized spacial score (nSPS) is 15.2. The Morgan fingerprint density at radius 3 is 2.37 bits per heavy atom. The molecule has 0 spiro atoms. The zero-order valence-corrected chi connectivity index (χ0v) is 17.0. The highest BCUT2D eigenvalue weighted by atomic mass is 35.5. The van der Waals surface area contributed by atoms with Gasteiger partial charge in [0.2, 0.25) is 0 Å². The molecule has 7 heteroatoms. The topological polar surface area (TPSA) is 33.7 Å². The predicted molar refractivity (Wildman–Crippen MR) is 111 cm³/mol. The first kappa shape index (κ1) is 23.5. The van der Waals surface area contributed by atoms with E-state index in [4.69, 9.17) is 9.47 Å². The van der Waals surface area contributed by atoms with E-state index in [1.165, 1.54) is 0 Å². The minimum absolute atomic E-state index is 0. The molecule has 150 valence electrons. The maximum Gasteiger partial charge on any atom is 0.161 e. The molecular weight excluding hydrogens is 390 g/mol. The minimum Gasteiger partial charge on any atom is -0.493 e. The number of ether oxygens (including phenoxy) is 2. The van der Waals surface area contributed by atoms with Gasteiger partial charge >= 0.3 is 0 Å². The van der Waals surface area contributed by atoms with Gasteiger partial charge in [0.05, 0.1) is 13.2 Å². The molecule has 1 heterocycles. The molecule has 0 radical (unpaired) electrons. The third-order valence-corrected chi connectivity index (χ3v) is 4.55. The summed E-state index contributed by atoms with van der Waals surface area (Å²) in [5.41, 5.74) is 2.02. The van der Waals surface area contributed by atoms with Crippen LogP contribution in [0.5, 0.6) is 11.5 Å². The molecule has 3 rings (SSSR count). The van der Waals surface area contributed by atoms with Crippen LogP contribution in [0.15, 0.2) is 48.5 Å². The molecule has 0 amide bonds. The Hall–Kier alpha value is -1.53. The second kappa shape index (κ2) is 12.0. The van der Waals surface area contributed by atoms with E-state index in [0.717, 1.165) is 37.3 Å². The van der Waals surface area contributed by atoms with Gasteiger partial charge in [-0.2, -0.15) is 0 Å². The molecule has 0 aromatic heterocycles. The summed E-state index contributed by atoms with van der Waals surface area (Å²) < 4.78 is 25.1. The second-order valence-electron chi connectivity index (χ2n) is 6.14. The predicted octanol–water partition coefficient (Wildman–Crippen LogP) is 4.03. The van der Waals surface area contributed by atoms with Crippen LogP contribution >= 0.6 is 24.8 Å². The van der Waals surface area contributed by atoms with Crippen LogP contribution in [-0.2, 0) is 6.61 Å². The van der Waals surface area contributed by atoms with Crippen molar-refractivity contribution in [1.82, 2.24) is 10.2 Å². The summed E-state index contributed by atoms with van der Waals surface area (Å²) in [5.74, 6) is 1.31. The number of halogens is 3. The number of nitrogens with one attached hydrogen (secondary N) is 1. The first-order chi connectivity index (χ1) is 12.3. The molecule has 1 aliphatic heterocycles. The number of hydrogen-bond donors (Lipinski definition) is 1. The summed E-state index contributed by atoms with van der Waals surface area (Å²) in [7, 11) is 1.61. The van der Waals surface area contributed by atoms with E-state index in [9.17, 15) is 4.39 Å². The summed E-state index contributed by atoms with van der Waals surface area (Å²) >= 11 is 0. The van der Waals surface area contributed by atoms with Crippen molar-refractivity contribution in [2.75, 3.05) is 40.0 Å². The van der Waals surface area contributed by atoms with Gasteiger partial charge in [-0.1, -0.05) is 36.4 Å². The van der Waals surface area contributed by atoms with E-state index in [1.807, 2.05) is 48.5 Å². The number of hydrogen-bond acceptors (Lipinski definition) is 4. The highest BCUT2D eigenvalue weighted by molar-refractivity contribution is 5.85. The largest absolute Gasteiger partial charge is 0.493 e. The Balaban J connectivity index is 0.00000182. The lowest BCUT2D eigenvalue weighted by molar-refractivity contribution is 0.147. The van der Waals surface area contributed by atoms with Gasteiger partial charge in [0.1, 0.15) is 13.3 Å². The third-order valence-electron chi connectivity index (χ3n) is 4.55. The third kappa shape index (κ3) is 6.25. The highest BCUT2D eigenvalue weighted by Gasteiger charge is 2.23. The number of piperazine rings is 1. The van der Waals surface area contributed by atoms with Crippen LogP contribution in [0.1, 0.15) is 17.2 Å². The number of rotatable bonds is 7. The molecule has 1 N–H and O–H groups in total. The number of nitrogens with zero attached hydrogens (tertiary/aromatic N) is 1. The summed E-state index contributed by atoms with van der Waals surface area (Å²) in [6.07, 6.45) is 0.